The number of hydrogen-bond acceptors (Lipinski definition) is 4. The minimum Gasteiger partial charge on any atom is -0.338 e. The topological polar surface area (TPSA) is 58.1 Å². The van der Waals surface area contributed by atoms with Gasteiger partial charge in [0.2, 0.25) is 5.95 Å². The van der Waals surface area contributed by atoms with Crippen LogP contribution in [0.3, 0.4) is 0 Å². The molecule has 2 heterocycles. The Morgan fingerprint density at radius 2 is 2.25 bits per heavy atom. The highest BCUT2D eigenvalue weighted by atomic mass is 79.9. The molecule has 1 unspecified atom stereocenters. The summed E-state index contributed by atoms with van der Waals surface area (Å²) < 4.78 is 0.919. The van der Waals surface area contributed by atoms with Crippen LogP contribution in [-0.2, 0) is 0 Å². The number of piperidine rings is 1. The van der Waals surface area contributed by atoms with E-state index in [9.17, 15) is 4.79 Å². The predicted octanol–water partition coefficient (Wildman–Crippen LogP) is 4.26. The van der Waals surface area contributed by atoms with Crippen molar-refractivity contribution in [3.05, 3.63) is 46.7 Å². The van der Waals surface area contributed by atoms with Crippen molar-refractivity contribution < 1.29 is 4.79 Å². The lowest BCUT2D eigenvalue weighted by Crippen LogP contribution is -2.40. The fourth-order valence-corrected chi connectivity index (χ4v) is 3.46. The smallest absolute Gasteiger partial charge is 0.274 e. The molecule has 5 nitrogen and oxygen atoms in total. The number of amides is 1. The molecule has 126 valence electrons. The second-order valence-electron chi connectivity index (χ2n) is 5.96. The average Bonchev–Trinajstić information content (AvgIpc) is 2.62. The summed E-state index contributed by atoms with van der Waals surface area (Å²) in [6.07, 6.45) is 6.29. The van der Waals surface area contributed by atoms with E-state index in [0.29, 0.717) is 17.7 Å². The zero-order valence-corrected chi connectivity index (χ0v) is 15.3. The van der Waals surface area contributed by atoms with Crippen LogP contribution in [0.15, 0.2) is 41.0 Å². The van der Waals surface area contributed by atoms with Crippen LogP contribution in [0.25, 0.3) is 0 Å². The van der Waals surface area contributed by atoms with Crippen molar-refractivity contribution in [1.29, 1.82) is 0 Å². The van der Waals surface area contributed by atoms with Crippen LogP contribution < -0.4 is 10.2 Å². The van der Waals surface area contributed by atoms with Crippen molar-refractivity contribution in [2.24, 2.45) is 0 Å². The maximum Gasteiger partial charge on any atom is 0.274 e. The molecule has 1 saturated heterocycles. The summed E-state index contributed by atoms with van der Waals surface area (Å²) >= 11 is 3.40. The molecule has 1 fully saturated rings. The zero-order chi connectivity index (χ0) is 16.9. The highest BCUT2D eigenvalue weighted by molar-refractivity contribution is 9.10. The van der Waals surface area contributed by atoms with Crippen LogP contribution in [0.4, 0.5) is 11.6 Å². The number of aromatic nitrogens is 2. The van der Waals surface area contributed by atoms with Gasteiger partial charge in [0.1, 0.15) is 5.69 Å². The molecule has 0 aliphatic carbocycles. The number of nitrogens with one attached hydrogen (secondary N) is 1. The number of carbonyl (C=O) groups is 1. The van der Waals surface area contributed by atoms with Crippen molar-refractivity contribution in [2.45, 2.75) is 38.6 Å². The normalized spacial score (nSPS) is 17.6. The van der Waals surface area contributed by atoms with Crippen molar-refractivity contribution in [2.75, 3.05) is 16.8 Å². The minimum absolute atomic E-state index is 0.221. The summed E-state index contributed by atoms with van der Waals surface area (Å²) in [7, 11) is 0. The highest BCUT2D eigenvalue weighted by Gasteiger charge is 2.23. The molecule has 0 radical (unpaired) electrons. The Kier molecular flexibility index (Phi) is 5.45. The SMILES string of the molecule is CCC1CCCCN1c1nccc(C(=O)Nc2cccc(Br)c2)n1. The van der Waals surface area contributed by atoms with Gasteiger partial charge in [0.25, 0.3) is 5.91 Å². The average molecular weight is 389 g/mol. The van der Waals surface area contributed by atoms with E-state index in [-0.39, 0.29) is 5.91 Å². The summed E-state index contributed by atoms with van der Waals surface area (Å²) in [5.41, 5.74) is 1.12. The fraction of sp³-hybridized carbons (Fsp3) is 0.389. The van der Waals surface area contributed by atoms with E-state index in [0.717, 1.165) is 36.0 Å². The third-order valence-electron chi connectivity index (χ3n) is 4.31. The zero-order valence-electron chi connectivity index (χ0n) is 13.7. The van der Waals surface area contributed by atoms with E-state index in [2.05, 4.69) is 43.0 Å². The largest absolute Gasteiger partial charge is 0.338 e. The standard InChI is InChI=1S/C18H21BrN4O/c1-2-15-8-3-4-11-23(15)18-20-10-9-16(22-18)17(24)21-14-7-5-6-13(19)12-14/h5-7,9-10,12,15H,2-4,8,11H2,1H3,(H,21,24). The van der Waals surface area contributed by atoms with E-state index in [1.54, 1.807) is 12.3 Å². The first kappa shape index (κ1) is 16.9. The highest BCUT2D eigenvalue weighted by Crippen LogP contribution is 2.24. The van der Waals surface area contributed by atoms with Gasteiger partial charge in [-0.05, 0) is 49.9 Å². The quantitative estimate of drug-likeness (QED) is 0.849. The van der Waals surface area contributed by atoms with Crippen molar-refractivity contribution >= 4 is 33.5 Å². The Hall–Kier alpha value is -1.95. The first-order chi connectivity index (χ1) is 11.7. The molecular formula is C18H21BrN4O. The van der Waals surface area contributed by atoms with Crippen molar-refractivity contribution in [3.8, 4) is 0 Å². The van der Waals surface area contributed by atoms with Gasteiger partial charge in [0, 0.05) is 28.9 Å². The number of hydrogen-bond donors (Lipinski definition) is 1. The monoisotopic (exact) mass is 388 g/mol. The van der Waals surface area contributed by atoms with Gasteiger partial charge in [-0.3, -0.25) is 4.79 Å². The molecule has 1 amide bonds. The molecule has 1 aromatic carbocycles. The molecule has 1 aliphatic heterocycles. The van der Waals surface area contributed by atoms with Gasteiger partial charge >= 0.3 is 0 Å². The van der Waals surface area contributed by atoms with E-state index in [1.807, 2.05) is 24.3 Å². The lowest BCUT2D eigenvalue weighted by Gasteiger charge is -2.35. The van der Waals surface area contributed by atoms with Gasteiger partial charge in [-0.15, -0.1) is 0 Å². The summed E-state index contributed by atoms with van der Waals surface area (Å²) in [6.45, 7) is 3.14. The molecule has 0 saturated carbocycles. The van der Waals surface area contributed by atoms with Gasteiger partial charge in [-0.2, -0.15) is 0 Å². The Morgan fingerprint density at radius 1 is 1.38 bits per heavy atom. The van der Waals surface area contributed by atoms with Gasteiger partial charge in [0.15, 0.2) is 0 Å². The Balaban J connectivity index is 1.78. The number of benzene rings is 1. The molecule has 1 atom stereocenters. The number of rotatable bonds is 4. The van der Waals surface area contributed by atoms with Crippen LogP contribution in [0, 0.1) is 0 Å². The molecule has 0 spiro atoms. The van der Waals surface area contributed by atoms with Gasteiger partial charge in [0.05, 0.1) is 0 Å². The van der Waals surface area contributed by atoms with Crippen molar-refractivity contribution in [3.63, 3.8) is 0 Å². The molecule has 6 heteroatoms. The van der Waals surface area contributed by atoms with Crippen LogP contribution >= 0.6 is 15.9 Å². The third kappa shape index (κ3) is 3.93. The Bertz CT molecular complexity index is 722. The number of nitrogens with zero attached hydrogens (tertiary/aromatic N) is 3. The molecule has 0 bridgehead atoms. The van der Waals surface area contributed by atoms with E-state index < -0.39 is 0 Å². The number of anilines is 2. The van der Waals surface area contributed by atoms with Gasteiger partial charge in [-0.25, -0.2) is 9.97 Å². The van der Waals surface area contributed by atoms with Crippen LogP contribution in [-0.4, -0.2) is 28.5 Å². The first-order valence-electron chi connectivity index (χ1n) is 8.34. The number of carbonyl (C=O) groups excluding carboxylic acids is 1. The lowest BCUT2D eigenvalue weighted by atomic mass is 10.0. The summed E-state index contributed by atoms with van der Waals surface area (Å²) in [5, 5.41) is 2.88. The Labute approximate surface area is 150 Å². The van der Waals surface area contributed by atoms with Crippen LogP contribution in [0.2, 0.25) is 0 Å². The molecule has 3 rings (SSSR count). The predicted molar refractivity (Wildman–Crippen MR) is 99.4 cm³/mol. The molecule has 1 aromatic heterocycles. The Morgan fingerprint density at radius 3 is 3.04 bits per heavy atom. The van der Waals surface area contributed by atoms with Crippen LogP contribution in [0.5, 0.6) is 0 Å². The maximum absolute atomic E-state index is 12.5. The van der Waals surface area contributed by atoms with Gasteiger partial charge < -0.3 is 10.2 Å². The van der Waals surface area contributed by atoms with E-state index in [4.69, 9.17) is 0 Å². The van der Waals surface area contributed by atoms with Crippen molar-refractivity contribution in [1.82, 2.24) is 9.97 Å². The number of halogens is 1. The first-order valence-corrected chi connectivity index (χ1v) is 9.13. The maximum atomic E-state index is 12.5. The van der Waals surface area contributed by atoms with Gasteiger partial charge in [-0.1, -0.05) is 28.9 Å². The molecule has 1 aliphatic rings. The summed E-state index contributed by atoms with van der Waals surface area (Å²) in [4.78, 5) is 23.6. The second kappa shape index (κ2) is 7.75. The van der Waals surface area contributed by atoms with E-state index in [1.165, 1.54) is 6.42 Å². The van der Waals surface area contributed by atoms with E-state index >= 15 is 0 Å². The summed E-state index contributed by atoms with van der Waals surface area (Å²) in [5.74, 6) is 0.435. The fourth-order valence-electron chi connectivity index (χ4n) is 3.06. The second-order valence-corrected chi connectivity index (χ2v) is 6.87. The molecule has 24 heavy (non-hydrogen) atoms. The molecule has 2 aromatic rings. The third-order valence-corrected chi connectivity index (χ3v) is 4.81. The summed E-state index contributed by atoms with van der Waals surface area (Å²) in [6, 6.07) is 9.62. The minimum atomic E-state index is -0.221. The molecule has 1 N–H and O–H groups in total. The molecular weight excluding hydrogens is 368 g/mol. The van der Waals surface area contributed by atoms with Crippen LogP contribution in [0.1, 0.15) is 43.1 Å². The lowest BCUT2D eigenvalue weighted by molar-refractivity contribution is 0.102.